The van der Waals surface area contributed by atoms with Crippen molar-refractivity contribution in [3.8, 4) is 0 Å². The fourth-order valence-electron chi connectivity index (χ4n) is 1.80. The van der Waals surface area contributed by atoms with Crippen LogP contribution in [0, 0.1) is 13.8 Å². The van der Waals surface area contributed by atoms with Gasteiger partial charge in [-0.05, 0) is 26.7 Å². The zero-order valence-electron chi connectivity index (χ0n) is 11.6. The molecule has 0 unspecified atom stereocenters. The Labute approximate surface area is 112 Å². The molecule has 0 atom stereocenters. The van der Waals surface area contributed by atoms with Crippen LogP contribution in [0.15, 0.2) is 4.52 Å². The van der Waals surface area contributed by atoms with Crippen LogP contribution < -0.4 is 0 Å². The molecule has 1 aromatic heterocycles. The summed E-state index contributed by atoms with van der Waals surface area (Å²) >= 11 is 0. The lowest BCUT2D eigenvalue weighted by Gasteiger charge is -2.16. The first-order valence-electron chi connectivity index (χ1n) is 6.29. The molecule has 0 fully saturated rings. The molecule has 1 aromatic rings. The Bertz CT molecular complexity index is 434. The smallest absolute Gasteiger partial charge is 0.303 e. The molecular weight excluding hydrogens is 248 g/mol. The Balaban J connectivity index is 2.39. The number of carbonyl (C=O) groups is 2. The van der Waals surface area contributed by atoms with Crippen molar-refractivity contribution in [1.82, 2.24) is 10.1 Å². The molecule has 0 saturated carbocycles. The zero-order valence-corrected chi connectivity index (χ0v) is 11.6. The minimum Gasteiger partial charge on any atom is -0.481 e. The maximum atomic E-state index is 11.9. The van der Waals surface area contributed by atoms with Gasteiger partial charge < -0.3 is 14.5 Å². The summed E-state index contributed by atoms with van der Waals surface area (Å²) in [5, 5.41) is 12.4. The Morgan fingerprint density at radius 3 is 2.42 bits per heavy atom. The predicted octanol–water partition coefficient (Wildman–Crippen LogP) is 1.89. The number of carbonyl (C=O) groups excluding carboxylic acids is 1. The molecule has 106 valence electrons. The van der Waals surface area contributed by atoms with Gasteiger partial charge in [-0.3, -0.25) is 9.59 Å². The van der Waals surface area contributed by atoms with Gasteiger partial charge in [0, 0.05) is 25.5 Å². The van der Waals surface area contributed by atoms with Crippen molar-refractivity contribution in [2.24, 2.45) is 0 Å². The largest absolute Gasteiger partial charge is 0.481 e. The molecular formula is C13H20N2O4. The lowest BCUT2D eigenvalue weighted by Crippen LogP contribution is -2.26. The van der Waals surface area contributed by atoms with E-state index in [0.29, 0.717) is 25.8 Å². The predicted molar refractivity (Wildman–Crippen MR) is 68.6 cm³/mol. The summed E-state index contributed by atoms with van der Waals surface area (Å²) in [4.78, 5) is 23.8. The summed E-state index contributed by atoms with van der Waals surface area (Å²) in [6.45, 7) is 4.14. The summed E-state index contributed by atoms with van der Waals surface area (Å²) in [7, 11) is 1.73. The summed E-state index contributed by atoms with van der Waals surface area (Å²) in [5.41, 5.74) is 1.73. The summed E-state index contributed by atoms with van der Waals surface area (Å²) < 4.78 is 5.05. The summed E-state index contributed by atoms with van der Waals surface area (Å²) in [6.07, 6.45) is 1.60. The van der Waals surface area contributed by atoms with Crippen LogP contribution in [0.1, 0.15) is 42.7 Å². The minimum absolute atomic E-state index is 0.00499. The molecule has 1 N–H and O–H groups in total. The molecule has 1 heterocycles. The molecule has 1 amide bonds. The highest BCUT2D eigenvalue weighted by molar-refractivity contribution is 5.76. The average Bonchev–Trinajstić information content (AvgIpc) is 2.65. The van der Waals surface area contributed by atoms with Gasteiger partial charge in [-0.25, -0.2) is 0 Å². The number of aliphatic carboxylic acids is 1. The van der Waals surface area contributed by atoms with Gasteiger partial charge >= 0.3 is 5.97 Å². The number of nitrogens with zero attached hydrogens (tertiary/aromatic N) is 2. The van der Waals surface area contributed by atoms with E-state index in [0.717, 1.165) is 17.0 Å². The minimum atomic E-state index is -0.823. The number of rotatable bonds is 7. The Morgan fingerprint density at radius 1 is 1.26 bits per heavy atom. The van der Waals surface area contributed by atoms with Crippen LogP contribution in [-0.4, -0.2) is 34.1 Å². The normalized spacial score (nSPS) is 10.5. The monoisotopic (exact) mass is 268 g/mol. The SMILES string of the molecule is Cc1noc(C)c1CN(C)C(=O)CCCCC(=O)O. The van der Waals surface area contributed by atoms with E-state index in [2.05, 4.69) is 5.16 Å². The first kappa shape index (κ1) is 15.2. The molecule has 0 radical (unpaired) electrons. The third-order valence-corrected chi connectivity index (χ3v) is 3.03. The summed E-state index contributed by atoms with van der Waals surface area (Å²) in [5.74, 6) is -0.0926. The van der Waals surface area contributed by atoms with E-state index in [1.807, 2.05) is 13.8 Å². The van der Waals surface area contributed by atoms with E-state index in [9.17, 15) is 9.59 Å². The molecule has 0 aliphatic rings. The van der Waals surface area contributed by atoms with E-state index in [1.165, 1.54) is 0 Å². The Kier molecular flexibility index (Phi) is 5.54. The van der Waals surface area contributed by atoms with Crippen molar-refractivity contribution >= 4 is 11.9 Å². The van der Waals surface area contributed by atoms with Gasteiger partial charge in [-0.15, -0.1) is 0 Å². The van der Waals surface area contributed by atoms with Gasteiger partial charge in [0.15, 0.2) is 0 Å². The lowest BCUT2D eigenvalue weighted by atomic mass is 10.1. The van der Waals surface area contributed by atoms with E-state index < -0.39 is 5.97 Å². The van der Waals surface area contributed by atoms with Crippen molar-refractivity contribution in [1.29, 1.82) is 0 Å². The van der Waals surface area contributed by atoms with E-state index in [1.54, 1.807) is 11.9 Å². The molecule has 0 aliphatic heterocycles. The van der Waals surface area contributed by atoms with Gasteiger partial charge in [-0.1, -0.05) is 5.16 Å². The third-order valence-electron chi connectivity index (χ3n) is 3.03. The second-order valence-corrected chi connectivity index (χ2v) is 4.65. The van der Waals surface area contributed by atoms with Crippen molar-refractivity contribution in [3.05, 3.63) is 17.0 Å². The molecule has 0 saturated heterocycles. The maximum Gasteiger partial charge on any atom is 0.303 e. The average molecular weight is 268 g/mol. The number of carboxylic acids is 1. The van der Waals surface area contributed by atoms with Crippen LogP contribution >= 0.6 is 0 Å². The highest BCUT2D eigenvalue weighted by Gasteiger charge is 2.15. The van der Waals surface area contributed by atoms with Crippen LogP contribution in [0.4, 0.5) is 0 Å². The van der Waals surface area contributed by atoms with E-state index in [4.69, 9.17) is 9.63 Å². The third kappa shape index (κ3) is 4.73. The molecule has 0 bridgehead atoms. The number of unbranched alkanes of at least 4 members (excludes halogenated alkanes) is 1. The van der Waals surface area contributed by atoms with Crippen molar-refractivity contribution in [2.75, 3.05) is 7.05 Å². The number of aromatic nitrogens is 1. The molecule has 6 heteroatoms. The Hall–Kier alpha value is -1.85. The number of hydrogen-bond acceptors (Lipinski definition) is 4. The van der Waals surface area contributed by atoms with E-state index >= 15 is 0 Å². The molecule has 1 rings (SSSR count). The van der Waals surface area contributed by atoms with Crippen molar-refractivity contribution in [3.63, 3.8) is 0 Å². The molecule has 0 aromatic carbocycles. The Morgan fingerprint density at radius 2 is 1.89 bits per heavy atom. The number of aryl methyl sites for hydroxylation is 2. The fraction of sp³-hybridized carbons (Fsp3) is 0.615. The highest BCUT2D eigenvalue weighted by Crippen LogP contribution is 2.15. The zero-order chi connectivity index (χ0) is 14.4. The van der Waals surface area contributed by atoms with Crippen LogP contribution in [0.5, 0.6) is 0 Å². The summed E-state index contributed by atoms with van der Waals surface area (Å²) in [6, 6.07) is 0. The van der Waals surface area contributed by atoms with Gasteiger partial charge in [-0.2, -0.15) is 0 Å². The first-order valence-corrected chi connectivity index (χ1v) is 6.29. The van der Waals surface area contributed by atoms with Gasteiger partial charge in [0.1, 0.15) is 5.76 Å². The van der Waals surface area contributed by atoms with Crippen molar-refractivity contribution < 1.29 is 19.2 Å². The van der Waals surface area contributed by atoms with Crippen LogP contribution in [0.2, 0.25) is 0 Å². The topological polar surface area (TPSA) is 83.6 Å². The molecule has 0 spiro atoms. The fourth-order valence-corrected chi connectivity index (χ4v) is 1.80. The molecule has 19 heavy (non-hydrogen) atoms. The first-order chi connectivity index (χ1) is 8.91. The van der Waals surface area contributed by atoms with E-state index in [-0.39, 0.29) is 12.3 Å². The second-order valence-electron chi connectivity index (χ2n) is 4.65. The van der Waals surface area contributed by atoms with Crippen LogP contribution in [0.3, 0.4) is 0 Å². The molecule has 0 aliphatic carbocycles. The van der Waals surface area contributed by atoms with Gasteiger partial charge in [0.2, 0.25) is 5.91 Å². The quantitative estimate of drug-likeness (QED) is 0.763. The van der Waals surface area contributed by atoms with Crippen molar-refractivity contribution in [2.45, 2.75) is 46.1 Å². The second kappa shape index (κ2) is 6.92. The maximum absolute atomic E-state index is 11.9. The van der Waals surface area contributed by atoms with Gasteiger partial charge in [0.25, 0.3) is 0 Å². The van der Waals surface area contributed by atoms with Crippen LogP contribution in [0.25, 0.3) is 0 Å². The number of amides is 1. The number of hydrogen-bond donors (Lipinski definition) is 1. The standard InChI is InChI=1S/C13H20N2O4/c1-9-11(10(2)19-14-9)8-15(3)12(16)6-4-5-7-13(17)18/h4-8H2,1-3H3,(H,17,18). The molecule has 6 nitrogen and oxygen atoms in total. The van der Waals surface area contributed by atoms with Gasteiger partial charge in [0.05, 0.1) is 12.2 Å². The lowest BCUT2D eigenvalue weighted by molar-refractivity contribution is -0.137. The van der Waals surface area contributed by atoms with Crippen LogP contribution in [-0.2, 0) is 16.1 Å². The highest BCUT2D eigenvalue weighted by atomic mass is 16.5. The number of carboxylic acid groups (broad SMARTS) is 1.